The minimum Gasteiger partial charge on any atom is -0.394 e. The molecule has 0 aliphatic carbocycles. The molecule has 0 atom stereocenters. The summed E-state index contributed by atoms with van der Waals surface area (Å²) in [5.41, 5.74) is -0.492. The lowest BCUT2D eigenvalue weighted by Crippen LogP contribution is -2.33. The van der Waals surface area contributed by atoms with Gasteiger partial charge in [-0.3, -0.25) is 9.59 Å². The normalized spacial score (nSPS) is 14.2. The molecule has 5 nitrogen and oxygen atoms in total. The minimum atomic E-state index is -1.05. The number of aliphatic hydroxyl groups is 1. The maximum Gasteiger partial charge on any atom is 0.299 e. The highest BCUT2D eigenvalue weighted by Gasteiger charge is 2.38. The van der Waals surface area contributed by atoms with Crippen molar-refractivity contribution in [1.82, 2.24) is 0 Å². The second-order valence-electron chi connectivity index (χ2n) is 3.90. The Bertz CT molecular complexity index is 533. The summed E-state index contributed by atoms with van der Waals surface area (Å²) in [5.74, 6) is -3.81. The van der Waals surface area contributed by atoms with Gasteiger partial charge < -0.3 is 14.7 Å². The number of halogens is 2. The molecule has 1 heterocycles. The summed E-state index contributed by atoms with van der Waals surface area (Å²) >= 11 is 0. The fraction of sp³-hybridized carbons (Fsp3) is 0.333. The van der Waals surface area contributed by atoms with E-state index in [0.29, 0.717) is 6.07 Å². The van der Waals surface area contributed by atoms with Crippen LogP contribution in [0.4, 0.5) is 14.5 Å². The number of benzene rings is 1. The van der Waals surface area contributed by atoms with Crippen molar-refractivity contribution in [1.29, 1.82) is 0 Å². The van der Waals surface area contributed by atoms with E-state index < -0.39 is 28.9 Å². The van der Waals surface area contributed by atoms with E-state index in [4.69, 9.17) is 9.84 Å². The van der Waals surface area contributed by atoms with Gasteiger partial charge in [-0.2, -0.15) is 0 Å². The Morgan fingerprint density at radius 1 is 1.21 bits per heavy atom. The molecular formula is C12H11F2NO4. The molecule has 1 aliphatic heterocycles. The van der Waals surface area contributed by atoms with E-state index in [1.807, 2.05) is 0 Å². The molecule has 0 spiro atoms. The van der Waals surface area contributed by atoms with Crippen molar-refractivity contribution in [3.05, 3.63) is 29.3 Å². The van der Waals surface area contributed by atoms with Crippen molar-refractivity contribution in [2.24, 2.45) is 0 Å². The van der Waals surface area contributed by atoms with E-state index in [-0.39, 0.29) is 32.1 Å². The van der Waals surface area contributed by atoms with Crippen LogP contribution in [0.5, 0.6) is 0 Å². The molecule has 0 radical (unpaired) electrons. The monoisotopic (exact) mass is 271 g/mol. The first-order valence-corrected chi connectivity index (χ1v) is 5.60. The molecular weight excluding hydrogens is 260 g/mol. The van der Waals surface area contributed by atoms with Crippen molar-refractivity contribution in [3.8, 4) is 0 Å². The Hall–Kier alpha value is -1.86. The van der Waals surface area contributed by atoms with Gasteiger partial charge in [-0.25, -0.2) is 8.78 Å². The van der Waals surface area contributed by atoms with Crippen molar-refractivity contribution in [3.63, 3.8) is 0 Å². The van der Waals surface area contributed by atoms with Crippen LogP contribution in [0.3, 0.4) is 0 Å². The quantitative estimate of drug-likeness (QED) is 0.625. The molecule has 1 aliphatic rings. The average molecular weight is 271 g/mol. The number of nitrogens with zero attached hydrogens (tertiary/aromatic N) is 1. The zero-order valence-electron chi connectivity index (χ0n) is 9.86. The number of amides is 1. The van der Waals surface area contributed by atoms with Gasteiger partial charge in [0.1, 0.15) is 11.6 Å². The SMILES string of the molecule is O=C1C(=O)N(CCOCCO)c2cc(F)cc(F)c21. The third-order valence-electron chi connectivity index (χ3n) is 2.69. The summed E-state index contributed by atoms with van der Waals surface area (Å²) in [6, 6.07) is 1.50. The number of rotatable bonds is 5. The van der Waals surface area contributed by atoms with Crippen molar-refractivity contribution in [2.45, 2.75) is 0 Å². The number of carbonyl (C=O) groups is 2. The van der Waals surface area contributed by atoms with Gasteiger partial charge in [-0.05, 0) is 6.07 Å². The van der Waals surface area contributed by atoms with Crippen LogP contribution >= 0.6 is 0 Å². The van der Waals surface area contributed by atoms with Gasteiger partial charge in [0.05, 0.1) is 31.1 Å². The van der Waals surface area contributed by atoms with E-state index >= 15 is 0 Å². The molecule has 1 N–H and O–H groups in total. The van der Waals surface area contributed by atoms with E-state index in [1.54, 1.807) is 0 Å². The lowest BCUT2D eigenvalue weighted by atomic mass is 10.1. The molecule has 0 aromatic heterocycles. The fourth-order valence-electron chi connectivity index (χ4n) is 1.88. The predicted octanol–water partition coefficient (Wildman–Crippen LogP) is 0.503. The van der Waals surface area contributed by atoms with Gasteiger partial charge in [0.15, 0.2) is 0 Å². The largest absolute Gasteiger partial charge is 0.394 e. The van der Waals surface area contributed by atoms with Gasteiger partial charge in [0.2, 0.25) is 0 Å². The topological polar surface area (TPSA) is 66.8 Å². The van der Waals surface area contributed by atoms with Crippen LogP contribution in [0.15, 0.2) is 12.1 Å². The number of Topliss-reactive ketones (excluding diaryl/α,β-unsaturated/α-hetero) is 1. The van der Waals surface area contributed by atoms with Crippen LogP contribution in [-0.2, 0) is 9.53 Å². The average Bonchev–Trinajstić information content (AvgIpc) is 2.59. The molecule has 7 heteroatoms. The standard InChI is InChI=1S/C12H11F2NO4/c13-7-5-8(14)10-9(6-7)15(12(18)11(10)17)1-3-19-4-2-16/h5-6,16H,1-4H2. The number of ether oxygens (including phenoxy) is 1. The maximum absolute atomic E-state index is 13.5. The van der Waals surface area contributed by atoms with E-state index in [2.05, 4.69) is 0 Å². The third kappa shape index (κ3) is 2.47. The number of hydrogen-bond acceptors (Lipinski definition) is 4. The second kappa shape index (κ2) is 5.41. The molecule has 0 unspecified atom stereocenters. The Morgan fingerprint density at radius 2 is 1.95 bits per heavy atom. The van der Waals surface area contributed by atoms with E-state index in [0.717, 1.165) is 11.0 Å². The van der Waals surface area contributed by atoms with Gasteiger partial charge in [0.25, 0.3) is 11.7 Å². The minimum absolute atomic E-state index is 0.0134. The zero-order valence-corrected chi connectivity index (χ0v) is 9.86. The molecule has 2 rings (SSSR count). The summed E-state index contributed by atoms with van der Waals surface area (Å²) in [6.45, 7) is -0.0509. The van der Waals surface area contributed by atoms with Gasteiger partial charge in [-0.15, -0.1) is 0 Å². The van der Waals surface area contributed by atoms with Crippen molar-refractivity contribution < 1.29 is 28.2 Å². The fourth-order valence-corrected chi connectivity index (χ4v) is 1.88. The second-order valence-corrected chi connectivity index (χ2v) is 3.90. The van der Waals surface area contributed by atoms with Gasteiger partial charge in [-0.1, -0.05) is 0 Å². The highest BCUT2D eigenvalue weighted by molar-refractivity contribution is 6.52. The van der Waals surface area contributed by atoms with Gasteiger partial charge in [0, 0.05) is 12.6 Å². The van der Waals surface area contributed by atoms with Crippen LogP contribution in [-0.4, -0.2) is 43.2 Å². The summed E-state index contributed by atoms with van der Waals surface area (Å²) in [5, 5.41) is 8.52. The van der Waals surface area contributed by atoms with Crippen molar-refractivity contribution in [2.75, 3.05) is 31.3 Å². The lowest BCUT2D eigenvalue weighted by molar-refractivity contribution is -0.114. The maximum atomic E-state index is 13.5. The molecule has 102 valence electrons. The Kier molecular flexibility index (Phi) is 3.87. The number of ketones is 1. The predicted molar refractivity (Wildman–Crippen MR) is 60.9 cm³/mol. The van der Waals surface area contributed by atoms with Crippen LogP contribution in [0.1, 0.15) is 10.4 Å². The molecule has 1 amide bonds. The lowest BCUT2D eigenvalue weighted by Gasteiger charge is -2.16. The molecule has 1 aromatic rings. The smallest absolute Gasteiger partial charge is 0.299 e. The number of hydrogen-bond donors (Lipinski definition) is 1. The first-order valence-electron chi connectivity index (χ1n) is 5.60. The summed E-state index contributed by atoms with van der Waals surface area (Å²) in [4.78, 5) is 24.2. The van der Waals surface area contributed by atoms with Crippen LogP contribution in [0.2, 0.25) is 0 Å². The molecule has 0 bridgehead atoms. The molecule has 0 saturated heterocycles. The van der Waals surface area contributed by atoms with Gasteiger partial charge >= 0.3 is 0 Å². The van der Waals surface area contributed by atoms with E-state index in [9.17, 15) is 18.4 Å². The summed E-state index contributed by atoms with van der Waals surface area (Å²) < 4.78 is 31.6. The Morgan fingerprint density at radius 3 is 2.63 bits per heavy atom. The Labute approximate surface area is 107 Å². The summed E-state index contributed by atoms with van der Waals surface area (Å²) in [7, 11) is 0. The number of fused-ring (bicyclic) bond motifs is 1. The highest BCUT2D eigenvalue weighted by Crippen LogP contribution is 2.31. The van der Waals surface area contributed by atoms with Crippen molar-refractivity contribution >= 4 is 17.4 Å². The van der Waals surface area contributed by atoms with Crippen LogP contribution in [0.25, 0.3) is 0 Å². The number of carbonyl (C=O) groups excluding carboxylic acids is 2. The third-order valence-corrected chi connectivity index (χ3v) is 2.69. The molecule has 1 aromatic carbocycles. The molecule has 19 heavy (non-hydrogen) atoms. The number of aliphatic hydroxyl groups excluding tert-OH is 1. The molecule has 0 fully saturated rings. The van der Waals surface area contributed by atoms with Crippen LogP contribution in [0, 0.1) is 11.6 Å². The first-order chi connectivity index (χ1) is 9.06. The highest BCUT2D eigenvalue weighted by atomic mass is 19.1. The zero-order chi connectivity index (χ0) is 14.0. The Balaban J connectivity index is 2.23. The van der Waals surface area contributed by atoms with Crippen LogP contribution < -0.4 is 4.90 Å². The summed E-state index contributed by atoms with van der Waals surface area (Å²) in [6.07, 6.45) is 0. The number of anilines is 1. The van der Waals surface area contributed by atoms with E-state index in [1.165, 1.54) is 0 Å². The first kappa shape index (κ1) is 13.6. The molecule has 0 saturated carbocycles.